The largest absolute Gasteiger partial charge is 0.384 e. The van der Waals surface area contributed by atoms with Gasteiger partial charge in [0, 0.05) is 53.5 Å². The molecule has 0 atom stereocenters. The number of carbonyl (C=O) groups is 2. The monoisotopic (exact) mass is 597 g/mol. The topological polar surface area (TPSA) is 95.2 Å². The van der Waals surface area contributed by atoms with Gasteiger partial charge in [-0.3, -0.25) is 14.6 Å². The maximum absolute atomic E-state index is 12.9. The number of nitrogens with one attached hydrogen (secondary N) is 4. The van der Waals surface area contributed by atoms with E-state index < -0.39 is 0 Å². The number of anilines is 3. The van der Waals surface area contributed by atoms with Gasteiger partial charge in [-0.05, 0) is 105 Å². The number of unbranched alkanes of at least 4 members (excludes halogenated alkanes) is 1. The number of para-hydroxylation sites is 1. The van der Waals surface area contributed by atoms with Crippen LogP contribution in [0.3, 0.4) is 0 Å². The summed E-state index contributed by atoms with van der Waals surface area (Å²) >= 11 is 6.24. The van der Waals surface area contributed by atoms with Crippen molar-refractivity contribution in [2.75, 3.05) is 30.3 Å². The highest BCUT2D eigenvalue weighted by molar-refractivity contribution is 6.31. The van der Waals surface area contributed by atoms with Gasteiger partial charge in [0.2, 0.25) is 5.91 Å². The molecule has 0 saturated carbocycles. The van der Waals surface area contributed by atoms with E-state index in [4.69, 9.17) is 16.6 Å². The van der Waals surface area contributed by atoms with Crippen molar-refractivity contribution in [3.8, 4) is 0 Å². The molecule has 1 aliphatic carbocycles. The van der Waals surface area contributed by atoms with Crippen molar-refractivity contribution in [3.05, 3.63) is 93.6 Å². The van der Waals surface area contributed by atoms with Gasteiger partial charge in [0.15, 0.2) is 0 Å². The summed E-state index contributed by atoms with van der Waals surface area (Å²) in [5.41, 5.74) is 9.20. The van der Waals surface area contributed by atoms with E-state index in [-0.39, 0.29) is 24.8 Å². The number of rotatable bonds is 12. The van der Waals surface area contributed by atoms with E-state index in [9.17, 15) is 9.59 Å². The zero-order valence-electron chi connectivity index (χ0n) is 25.0. The highest BCUT2D eigenvalue weighted by Gasteiger charge is 2.18. The lowest BCUT2D eigenvalue weighted by molar-refractivity contribution is -0.120. The highest BCUT2D eigenvalue weighted by atomic mass is 35.5. The average Bonchev–Trinajstić information content (AvgIpc) is 3.00. The van der Waals surface area contributed by atoms with Gasteiger partial charge >= 0.3 is 0 Å². The Morgan fingerprint density at radius 1 is 0.860 bits per heavy atom. The molecular weight excluding hydrogens is 558 g/mol. The Kier molecular flexibility index (Phi) is 10.2. The second-order valence-corrected chi connectivity index (χ2v) is 11.6. The van der Waals surface area contributed by atoms with Crippen LogP contribution >= 0.6 is 11.6 Å². The van der Waals surface area contributed by atoms with E-state index in [2.05, 4.69) is 47.2 Å². The van der Waals surface area contributed by atoms with E-state index in [0.717, 1.165) is 60.1 Å². The first-order valence-corrected chi connectivity index (χ1v) is 15.6. The minimum absolute atomic E-state index is 0.0684. The van der Waals surface area contributed by atoms with E-state index in [1.54, 1.807) is 6.07 Å². The quantitative estimate of drug-likeness (QED) is 0.129. The van der Waals surface area contributed by atoms with Crippen LogP contribution in [0, 0.1) is 13.8 Å². The van der Waals surface area contributed by atoms with Gasteiger partial charge in [-0.2, -0.15) is 0 Å². The number of fused-ring (bicyclic) bond motifs is 2. The van der Waals surface area contributed by atoms with Crippen LogP contribution in [0.15, 0.2) is 60.7 Å². The van der Waals surface area contributed by atoms with Crippen LogP contribution in [-0.2, 0) is 17.6 Å². The number of nitrogens with zero attached hydrogens (tertiary/aromatic N) is 1. The van der Waals surface area contributed by atoms with Gasteiger partial charge in [0.25, 0.3) is 5.91 Å². The molecule has 1 heterocycles. The van der Waals surface area contributed by atoms with Crippen LogP contribution in [0.2, 0.25) is 5.02 Å². The minimum Gasteiger partial charge on any atom is -0.384 e. The van der Waals surface area contributed by atoms with Crippen molar-refractivity contribution in [2.24, 2.45) is 0 Å². The van der Waals surface area contributed by atoms with Crippen LogP contribution in [-0.4, -0.2) is 36.4 Å². The van der Waals surface area contributed by atoms with E-state index in [1.165, 1.54) is 35.3 Å². The highest BCUT2D eigenvalue weighted by Crippen LogP contribution is 2.34. The molecule has 0 spiro atoms. The van der Waals surface area contributed by atoms with Crippen molar-refractivity contribution in [1.29, 1.82) is 0 Å². The van der Waals surface area contributed by atoms with Gasteiger partial charge < -0.3 is 21.3 Å². The third kappa shape index (κ3) is 7.65. The normalized spacial score (nSPS) is 12.4. The Balaban J connectivity index is 1.04. The zero-order valence-corrected chi connectivity index (χ0v) is 25.7. The lowest BCUT2D eigenvalue weighted by Gasteiger charge is -2.22. The van der Waals surface area contributed by atoms with Crippen LogP contribution < -0.4 is 21.3 Å². The Hall–Kier alpha value is -4.10. The van der Waals surface area contributed by atoms with Gasteiger partial charge in [-0.15, -0.1) is 0 Å². The summed E-state index contributed by atoms with van der Waals surface area (Å²) in [6, 6.07) is 19.4. The number of halogens is 1. The molecule has 2 amide bonds. The first-order valence-electron chi connectivity index (χ1n) is 15.2. The van der Waals surface area contributed by atoms with Gasteiger partial charge in [0.1, 0.15) is 0 Å². The summed E-state index contributed by atoms with van der Waals surface area (Å²) in [5.74, 6) is -0.276. The van der Waals surface area contributed by atoms with Crippen molar-refractivity contribution in [1.82, 2.24) is 15.6 Å². The predicted molar refractivity (Wildman–Crippen MR) is 177 cm³/mol. The minimum atomic E-state index is -0.208. The Bertz CT molecular complexity index is 1620. The van der Waals surface area contributed by atoms with Crippen LogP contribution in [0.1, 0.15) is 64.8 Å². The molecular formula is C35H40ClN5O2. The molecule has 0 unspecified atom stereocenters. The van der Waals surface area contributed by atoms with Crippen molar-refractivity contribution in [2.45, 2.75) is 58.8 Å². The van der Waals surface area contributed by atoms with Crippen LogP contribution in [0.5, 0.6) is 0 Å². The number of benzene rings is 3. The van der Waals surface area contributed by atoms with Crippen LogP contribution in [0.4, 0.5) is 17.1 Å². The fourth-order valence-corrected chi connectivity index (χ4v) is 5.75. The van der Waals surface area contributed by atoms with Gasteiger partial charge in [-0.25, -0.2) is 0 Å². The molecule has 0 bridgehead atoms. The first kappa shape index (κ1) is 30.4. The summed E-state index contributed by atoms with van der Waals surface area (Å²) < 4.78 is 0. The zero-order chi connectivity index (χ0) is 30.2. The molecule has 4 N–H and O–H groups in total. The molecule has 43 heavy (non-hydrogen) atoms. The van der Waals surface area contributed by atoms with Gasteiger partial charge in [-0.1, -0.05) is 35.9 Å². The van der Waals surface area contributed by atoms with Crippen molar-refractivity contribution >= 4 is 51.4 Å². The van der Waals surface area contributed by atoms with Crippen LogP contribution in [0.25, 0.3) is 10.9 Å². The molecule has 0 radical (unpaired) electrons. The van der Waals surface area contributed by atoms with E-state index in [0.29, 0.717) is 17.1 Å². The third-order valence-corrected chi connectivity index (χ3v) is 8.37. The summed E-state index contributed by atoms with van der Waals surface area (Å²) in [6.45, 7) is 5.81. The van der Waals surface area contributed by atoms with E-state index >= 15 is 0 Å². The number of pyridine rings is 1. The predicted octanol–water partition coefficient (Wildman–Crippen LogP) is 7.26. The lowest BCUT2D eigenvalue weighted by Crippen LogP contribution is -2.31. The second-order valence-electron chi connectivity index (χ2n) is 11.2. The number of amides is 2. The van der Waals surface area contributed by atoms with Gasteiger partial charge in [0.05, 0.1) is 16.8 Å². The molecule has 1 aromatic heterocycles. The molecule has 7 nitrogen and oxygen atoms in total. The molecule has 0 saturated heterocycles. The number of carbonyl (C=O) groups excluding carboxylic acids is 2. The number of hydrogen-bond donors (Lipinski definition) is 4. The molecule has 3 aromatic carbocycles. The summed E-state index contributed by atoms with van der Waals surface area (Å²) in [5, 5.41) is 14.7. The maximum atomic E-state index is 12.9. The number of aryl methyl sites for hydroxylation is 2. The molecule has 0 fully saturated rings. The number of aromatic nitrogens is 1. The summed E-state index contributed by atoms with van der Waals surface area (Å²) in [7, 11) is 0. The third-order valence-electron chi connectivity index (χ3n) is 8.14. The molecule has 4 aromatic rings. The van der Waals surface area contributed by atoms with Crippen molar-refractivity contribution in [3.63, 3.8) is 0 Å². The Morgan fingerprint density at radius 3 is 2.53 bits per heavy atom. The summed E-state index contributed by atoms with van der Waals surface area (Å²) in [6.07, 6.45) is 6.43. The fraction of sp³-hybridized carbons (Fsp3) is 0.343. The fourth-order valence-electron chi connectivity index (χ4n) is 5.59. The maximum Gasteiger partial charge on any atom is 0.253 e. The standard InChI is InChI=1S/C35H40ClN5O2/c1-23-10-9-15-29(24(23)2)40-31-14-6-4-12-28(31)35(43)39-21-18-33(42)37-19-7-8-20-38-34-26-11-3-5-13-30(26)41-32-22-25(36)16-17-27(32)34/h4,6,9-10,12,14-17,22,40H,3,5,7-8,11,13,18-21H2,1-2H3,(H,37,42)(H,38,41)(H,39,43). The Labute approximate surface area is 258 Å². The molecule has 224 valence electrons. The smallest absolute Gasteiger partial charge is 0.253 e. The lowest BCUT2D eigenvalue weighted by atomic mass is 9.92. The van der Waals surface area contributed by atoms with Crippen molar-refractivity contribution < 1.29 is 9.59 Å². The Morgan fingerprint density at radius 2 is 1.65 bits per heavy atom. The molecule has 1 aliphatic rings. The molecule has 0 aliphatic heterocycles. The average molecular weight is 598 g/mol. The second kappa shape index (κ2) is 14.4. The summed E-state index contributed by atoms with van der Waals surface area (Å²) in [4.78, 5) is 30.2. The molecule has 5 rings (SSSR count). The number of hydrogen-bond acceptors (Lipinski definition) is 5. The first-order chi connectivity index (χ1) is 20.9. The SMILES string of the molecule is Cc1cccc(Nc2ccccc2C(=O)NCCC(=O)NCCCCNc2c3c(nc4cc(Cl)ccc24)CCCC3)c1C. The molecule has 8 heteroatoms. The van der Waals surface area contributed by atoms with E-state index in [1.807, 2.05) is 42.5 Å².